The number of amides is 1. The first kappa shape index (κ1) is 11.8. The van der Waals surface area contributed by atoms with E-state index in [-0.39, 0.29) is 11.5 Å². The van der Waals surface area contributed by atoms with Gasteiger partial charge in [0.2, 0.25) is 5.91 Å². The largest absolute Gasteiger partial charge is 0.478 e. The van der Waals surface area contributed by atoms with Crippen LogP contribution in [0.4, 0.5) is 5.69 Å². The number of aromatic carboxylic acids is 1. The molecular weight excluding hydrogens is 236 g/mol. The summed E-state index contributed by atoms with van der Waals surface area (Å²) in [5, 5.41) is 18.8. The molecule has 0 saturated carbocycles. The molecule has 0 aliphatic rings. The van der Waals surface area contributed by atoms with E-state index >= 15 is 0 Å². The molecule has 7 nitrogen and oxygen atoms in total. The van der Waals surface area contributed by atoms with Gasteiger partial charge in [-0.2, -0.15) is 0 Å². The standard InChI is InChI=1S/C11H10N4O3/c1-7(16)14-9-4-8(11(17)18)2-3-10(9)15-5-12-13-6-15/h2-6H,1H3,(H,14,16)(H,17,18). The number of aromatic nitrogens is 3. The number of anilines is 1. The van der Waals surface area contributed by atoms with Gasteiger partial charge in [0, 0.05) is 6.92 Å². The summed E-state index contributed by atoms with van der Waals surface area (Å²) in [5.41, 5.74) is 1.08. The van der Waals surface area contributed by atoms with Gasteiger partial charge in [-0.1, -0.05) is 0 Å². The maximum Gasteiger partial charge on any atom is 0.335 e. The van der Waals surface area contributed by atoms with Gasteiger partial charge < -0.3 is 10.4 Å². The Bertz CT molecular complexity index is 592. The first-order chi connectivity index (χ1) is 8.58. The van der Waals surface area contributed by atoms with Gasteiger partial charge in [0.15, 0.2) is 0 Å². The molecule has 0 atom stereocenters. The third-order valence-electron chi connectivity index (χ3n) is 2.25. The zero-order valence-corrected chi connectivity index (χ0v) is 9.49. The van der Waals surface area contributed by atoms with Crippen LogP contribution < -0.4 is 5.32 Å². The van der Waals surface area contributed by atoms with E-state index in [1.165, 1.54) is 31.7 Å². The van der Waals surface area contributed by atoms with Gasteiger partial charge >= 0.3 is 5.97 Å². The number of benzene rings is 1. The first-order valence-electron chi connectivity index (χ1n) is 5.08. The molecule has 0 radical (unpaired) electrons. The Morgan fingerprint density at radius 2 is 1.94 bits per heavy atom. The second-order valence-electron chi connectivity index (χ2n) is 3.59. The summed E-state index contributed by atoms with van der Waals surface area (Å²) in [6, 6.07) is 4.42. The fraction of sp³-hybridized carbons (Fsp3) is 0.0909. The summed E-state index contributed by atoms with van der Waals surface area (Å²) in [7, 11) is 0. The van der Waals surface area contributed by atoms with Crippen LogP contribution in [0.5, 0.6) is 0 Å². The number of carboxylic acid groups (broad SMARTS) is 1. The molecule has 2 N–H and O–H groups in total. The summed E-state index contributed by atoms with van der Waals surface area (Å²) >= 11 is 0. The molecule has 92 valence electrons. The highest BCUT2D eigenvalue weighted by Crippen LogP contribution is 2.21. The molecule has 0 fully saturated rings. The fourth-order valence-corrected chi connectivity index (χ4v) is 1.51. The molecule has 18 heavy (non-hydrogen) atoms. The Morgan fingerprint density at radius 1 is 1.28 bits per heavy atom. The van der Waals surface area contributed by atoms with Crippen LogP contribution in [0.3, 0.4) is 0 Å². The summed E-state index contributed by atoms with van der Waals surface area (Å²) in [4.78, 5) is 22.0. The summed E-state index contributed by atoms with van der Waals surface area (Å²) in [6.45, 7) is 1.35. The van der Waals surface area contributed by atoms with E-state index in [9.17, 15) is 9.59 Å². The molecule has 0 spiro atoms. The van der Waals surface area contributed by atoms with E-state index in [1.807, 2.05) is 0 Å². The lowest BCUT2D eigenvalue weighted by Gasteiger charge is -2.10. The average Bonchev–Trinajstić information content (AvgIpc) is 2.81. The number of hydrogen-bond acceptors (Lipinski definition) is 4. The minimum absolute atomic E-state index is 0.0931. The van der Waals surface area contributed by atoms with Gasteiger partial charge in [0.25, 0.3) is 0 Å². The summed E-state index contributed by atoms with van der Waals surface area (Å²) in [6.07, 6.45) is 2.92. The molecule has 2 aromatic rings. The van der Waals surface area contributed by atoms with Gasteiger partial charge in [-0.15, -0.1) is 10.2 Å². The molecule has 1 aromatic heterocycles. The normalized spacial score (nSPS) is 10.1. The predicted octanol–water partition coefficient (Wildman–Crippen LogP) is 0.924. The van der Waals surface area contributed by atoms with Gasteiger partial charge in [0.05, 0.1) is 16.9 Å². The highest BCUT2D eigenvalue weighted by atomic mass is 16.4. The highest BCUT2D eigenvalue weighted by Gasteiger charge is 2.10. The molecule has 7 heteroatoms. The monoisotopic (exact) mass is 246 g/mol. The first-order valence-corrected chi connectivity index (χ1v) is 5.08. The SMILES string of the molecule is CC(=O)Nc1cc(C(=O)O)ccc1-n1cnnc1. The minimum Gasteiger partial charge on any atom is -0.478 e. The molecule has 0 unspecified atom stereocenters. The minimum atomic E-state index is -1.06. The Balaban J connectivity index is 2.52. The molecule has 0 saturated heterocycles. The average molecular weight is 246 g/mol. The Morgan fingerprint density at radius 3 is 2.50 bits per heavy atom. The van der Waals surface area contributed by atoms with Crippen molar-refractivity contribution in [1.82, 2.24) is 14.8 Å². The number of carboxylic acids is 1. The third kappa shape index (κ3) is 2.34. The summed E-state index contributed by atoms with van der Waals surface area (Å²) < 4.78 is 1.58. The molecule has 1 heterocycles. The van der Waals surface area contributed by atoms with E-state index in [0.29, 0.717) is 11.4 Å². The Hall–Kier alpha value is -2.70. The van der Waals surface area contributed by atoms with Crippen LogP contribution in [-0.2, 0) is 4.79 Å². The van der Waals surface area contributed by atoms with Gasteiger partial charge in [-0.25, -0.2) is 4.79 Å². The molecule has 0 aliphatic carbocycles. The maximum atomic E-state index is 11.1. The van der Waals surface area contributed by atoms with E-state index in [4.69, 9.17) is 5.11 Å². The van der Waals surface area contributed by atoms with E-state index in [0.717, 1.165) is 0 Å². The van der Waals surface area contributed by atoms with Crippen LogP contribution in [0.1, 0.15) is 17.3 Å². The molecular formula is C11H10N4O3. The lowest BCUT2D eigenvalue weighted by Crippen LogP contribution is -2.10. The fourth-order valence-electron chi connectivity index (χ4n) is 1.51. The number of nitrogens with zero attached hydrogens (tertiary/aromatic N) is 3. The van der Waals surface area contributed by atoms with Crippen LogP contribution in [0.15, 0.2) is 30.9 Å². The lowest BCUT2D eigenvalue weighted by molar-refractivity contribution is -0.114. The van der Waals surface area contributed by atoms with Crippen molar-refractivity contribution in [3.05, 3.63) is 36.4 Å². The van der Waals surface area contributed by atoms with Crippen molar-refractivity contribution in [2.45, 2.75) is 6.92 Å². The van der Waals surface area contributed by atoms with Gasteiger partial charge in [0.1, 0.15) is 12.7 Å². The van der Waals surface area contributed by atoms with E-state index in [2.05, 4.69) is 15.5 Å². The number of carbonyl (C=O) groups is 2. The summed E-state index contributed by atoms with van der Waals surface area (Å²) in [5.74, 6) is -1.34. The molecule has 0 bridgehead atoms. The van der Waals surface area contributed by atoms with Crippen LogP contribution in [0, 0.1) is 0 Å². The van der Waals surface area contributed by atoms with E-state index < -0.39 is 5.97 Å². The van der Waals surface area contributed by atoms with Crippen molar-refractivity contribution in [3.63, 3.8) is 0 Å². The maximum absolute atomic E-state index is 11.1. The highest BCUT2D eigenvalue weighted by molar-refractivity contribution is 5.95. The zero-order valence-electron chi connectivity index (χ0n) is 9.49. The number of carbonyl (C=O) groups excluding carboxylic acids is 1. The van der Waals surface area contributed by atoms with Crippen molar-refractivity contribution in [3.8, 4) is 5.69 Å². The third-order valence-corrected chi connectivity index (χ3v) is 2.25. The van der Waals surface area contributed by atoms with Crippen molar-refractivity contribution >= 4 is 17.6 Å². The van der Waals surface area contributed by atoms with Crippen molar-refractivity contribution < 1.29 is 14.7 Å². The molecule has 2 rings (SSSR count). The second-order valence-corrected chi connectivity index (χ2v) is 3.59. The van der Waals surface area contributed by atoms with Crippen LogP contribution in [0.25, 0.3) is 5.69 Å². The number of nitrogens with one attached hydrogen (secondary N) is 1. The quantitative estimate of drug-likeness (QED) is 0.839. The zero-order chi connectivity index (χ0) is 13.1. The smallest absolute Gasteiger partial charge is 0.335 e. The topological polar surface area (TPSA) is 97.1 Å². The Kier molecular flexibility index (Phi) is 3.05. The van der Waals surface area contributed by atoms with Crippen molar-refractivity contribution in [1.29, 1.82) is 0 Å². The lowest BCUT2D eigenvalue weighted by atomic mass is 10.1. The van der Waals surface area contributed by atoms with Crippen LogP contribution >= 0.6 is 0 Å². The molecule has 1 aromatic carbocycles. The van der Waals surface area contributed by atoms with Crippen LogP contribution in [-0.4, -0.2) is 31.7 Å². The van der Waals surface area contributed by atoms with E-state index in [1.54, 1.807) is 10.6 Å². The van der Waals surface area contributed by atoms with Gasteiger partial charge in [-0.05, 0) is 18.2 Å². The second kappa shape index (κ2) is 4.66. The molecule has 1 amide bonds. The van der Waals surface area contributed by atoms with Gasteiger partial charge in [-0.3, -0.25) is 9.36 Å². The van der Waals surface area contributed by atoms with Crippen molar-refractivity contribution in [2.75, 3.05) is 5.32 Å². The Labute approximate surface area is 102 Å². The number of hydrogen-bond donors (Lipinski definition) is 2. The predicted molar refractivity (Wildman–Crippen MR) is 62.6 cm³/mol. The number of rotatable bonds is 3. The van der Waals surface area contributed by atoms with Crippen molar-refractivity contribution in [2.24, 2.45) is 0 Å². The molecule has 0 aliphatic heterocycles. The van der Waals surface area contributed by atoms with Crippen LogP contribution in [0.2, 0.25) is 0 Å².